The van der Waals surface area contributed by atoms with Gasteiger partial charge in [-0.1, -0.05) is 29.5 Å². The van der Waals surface area contributed by atoms with Crippen LogP contribution in [0.3, 0.4) is 0 Å². The molecule has 1 unspecified atom stereocenters. The molecule has 1 N–H and O–H groups in total. The van der Waals surface area contributed by atoms with Gasteiger partial charge in [0.2, 0.25) is 0 Å². The van der Waals surface area contributed by atoms with Crippen LogP contribution in [0.25, 0.3) is 10.2 Å². The number of ether oxygens (including phenoxy) is 2. The fourth-order valence-electron chi connectivity index (χ4n) is 3.81. The Morgan fingerprint density at radius 2 is 1.82 bits per heavy atom. The zero-order valence-corrected chi connectivity index (χ0v) is 19.7. The van der Waals surface area contributed by atoms with E-state index in [0.29, 0.717) is 39.2 Å². The van der Waals surface area contributed by atoms with Gasteiger partial charge < -0.3 is 14.0 Å². The minimum atomic E-state index is -1.33. The summed E-state index contributed by atoms with van der Waals surface area (Å²) in [6.07, 6.45) is 0.877. The summed E-state index contributed by atoms with van der Waals surface area (Å²) < 4.78 is 26.5. The smallest absolute Gasteiger partial charge is 0.257 e. The second kappa shape index (κ2) is 8.93. The topological polar surface area (TPSA) is 86.8 Å². The fourth-order valence-corrected chi connectivity index (χ4v) is 5.92. The lowest BCUT2D eigenvalue weighted by Crippen LogP contribution is -2.29. The first-order chi connectivity index (χ1) is 16.1. The molecule has 1 aromatic heterocycles. The molecule has 7 nitrogen and oxygen atoms in total. The van der Waals surface area contributed by atoms with Crippen molar-refractivity contribution in [3.8, 4) is 11.5 Å². The number of aromatic nitrogens is 1. The second-order valence-electron chi connectivity index (χ2n) is 7.40. The summed E-state index contributed by atoms with van der Waals surface area (Å²) >= 11 is 0.0244. The Hall–Kier alpha value is -3.27. The Labute approximate surface area is 198 Å². The predicted molar refractivity (Wildman–Crippen MR) is 131 cm³/mol. The predicted octanol–water partition coefficient (Wildman–Crippen LogP) is 4.65. The third-order valence-corrected chi connectivity index (χ3v) is 7.87. The van der Waals surface area contributed by atoms with Crippen molar-refractivity contribution in [1.29, 1.82) is 0 Å². The van der Waals surface area contributed by atoms with Gasteiger partial charge >= 0.3 is 0 Å². The monoisotopic (exact) mass is 479 g/mol. The molecule has 2 heterocycles. The molecule has 0 aliphatic carbocycles. The number of para-hydroxylation sites is 1. The molecule has 168 valence electrons. The summed E-state index contributed by atoms with van der Waals surface area (Å²) in [6.45, 7) is 0.710. The Morgan fingerprint density at radius 1 is 1.09 bits per heavy atom. The largest absolute Gasteiger partial charge is 0.588 e. The van der Waals surface area contributed by atoms with Gasteiger partial charge in [0.25, 0.3) is 5.91 Å². The van der Waals surface area contributed by atoms with E-state index >= 15 is 0 Å². The molecule has 4 aromatic rings. The van der Waals surface area contributed by atoms with Crippen molar-refractivity contribution in [2.75, 3.05) is 30.4 Å². The normalized spacial score (nSPS) is 13.6. The molecule has 5 rings (SSSR count). The highest BCUT2D eigenvalue weighted by molar-refractivity contribution is 7.92. The van der Waals surface area contributed by atoms with Crippen LogP contribution in [0.15, 0.2) is 65.6 Å². The fraction of sp³-hybridized carbons (Fsp3) is 0.167. The molecule has 3 aromatic carbocycles. The lowest BCUT2D eigenvalue weighted by molar-refractivity contribution is 0.102. The number of carbonyl (C=O) groups is 1. The van der Waals surface area contributed by atoms with E-state index in [0.717, 1.165) is 16.8 Å². The first-order valence-electron chi connectivity index (χ1n) is 10.3. The van der Waals surface area contributed by atoms with E-state index in [4.69, 9.17) is 9.47 Å². The first kappa shape index (κ1) is 21.6. The molecule has 1 aliphatic rings. The molecule has 0 spiro atoms. The lowest BCUT2D eigenvalue weighted by atomic mass is 10.2. The Kier molecular flexibility index (Phi) is 5.84. The lowest BCUT2D eigenvalue weighted by Gasteiger charge is -2.21. The van der Waals surface area contributed by atoms with Crippen LogP contribution in [0.5, 0.6) is 11.5 Å². The van der Waals surface area contributed by atoms with E-state index in [1.54, 1.807) is 44.6 Å². The number of thiazole rings is 1. The number of carbonyl (C=O) groups excluding carboxylic acids is 1. The summed E-state index contributed by atoms with van der Waals surface area (Å²) in [5.41, 5.74) is 3.38. The van der Waals surface area contributed by atoms with Crippen molar-refractivity contribution in [3.63, 3.8) is 0 Å². The van der Waals surface area contributed by atoms with E-state index < -0.39 is 11.4 Å². The number of nitrogens with one attached hydrogen (secondary N) is 1. The number of rotatable bonds is 6. The summed E-state index contributed by atoms with van der Waals surface area (Å²) in [4.78, 5) is 17.9. The van der Waals surface area contributed by atoms with Gasteiger partial charge in [-0.3, -0.25) is 10.1 Å². The van der Waals surface area contributed by atoms with Crippen LogP contribution < -0.4 is 19.1 Å². The van der Waals surface area contributed by atoms with Gasteiger partial charge in [0, 0.05) is 17.7 Å². The number of hydrogen-bond acceptors (Lipinski definition) is 7. The van der Waals surface area contributed by atoms with Gasteiger partial charge in [0.15, 0.2) is 21.5 Å². The third-order valence-electron chi connectivity index (χ3n) is 5.48. The number of amides is 1. The van der Waals surface area contributed by atoms with E-state index in [-0.39, 0.29) is 5.91 Å². The molecule has 9 heteroatoms. The van der Waals surface area contributed by atoms with Crippen LogP contribution in [-0.4, -0.2) is 36.2 Å². The van der Waals surface area contributed by atoms with Gasteiger partial charge in [-0.2, -0.15) is 4.31 Å². The van der Waals surface area contributed by atoms with E-state index in [9.17, 15) is 9.35 Å². The minimum absolute atomic E-state index is 0.281. The van der Waals surface area contributed by atoms with Crippen molar-refractivity contribution in [2.45, 2.75) is 11.3 Å². The van der Waals surface area contributed by atoms with Crippen LogP contribution in [0, 0.1) is 0 Å². The second-order valence-corrected chi connectivity index (χ2v) is 9.84. The Balaban J connectivity index is 1.31. The summed E-state index contributed by atoms with van der Waals surface area (Å²) in [7, 11) is 3.14. The molecular weight excluding hydrogens is 458 g/mol. The van der Waals surface area contributed by atoms with Crippen molar-refractivity contribution >= 4 is 49.6 Å². The van der Waals surface area contributed by atoms with E-state index in [1.807, 2.05) is 28.6 Å². The molecule has 1 amide bonds. The van der Waals surface area contributed by atoms with Crippen molar-refractivity contribution < 1.29 is 18.8 Å². The Bertz CT molecular complexity index is 1280. The van der Waals surface area contributed by atoms with Crippen molar-refractivity contribution in [3.05, 3.63) is 71.8 Å². The maximum absolute atomic E-state index is 13.1. The highest BCUT2D eigenvalue weighted by Gasteiger charge is 2.29. The van der Waals surface area contributed by atoms with Crippen LogP contribution in [0.1, 0.15) is 15.9 Å². The molecule has 0 saturated carbocycles. The zero-order chi connectivity index (χ0) is 22.9. The van der Waals surface area contributed by atoms with Gasteiger partial charge in [-0.15, -0.1) is 0 Å². The molecule has 0 radical (unpaired) electrons. The average molecular weight is 480 g/mol. The van der Waals surface area contributed by atoms with Gasteiger partial charge in [-0.25, -0.2) is 4.98 Å². The van der Waals surface area contributed by atoms with Gasteiger partial charge in [0.05, 0.1) is 36.7 Å². The van der Waals surface area contributed by atoms with Crippen molar-refractivity contribution in [1.82, 2.24) is 4.98 Å². The number of benzene rings is 3. The number of methoxy groups -OCH3 is 2. The number of nitrogens with zero attached hydrogens (tertiary/aromatic N) is 2. The molecule has 0 bridgehead atoms. The minimum Gasteiger partial charge on any atom is -0.588 e. The standard InChI is InChI=1S/C24H21N3O4S2/c1-30-20-13-18-22(14-21(20)31-2)32-24(25-18)26-23(28)16-7-9-17(10-8-16)33(29)27-12-11-15-5-3-4-6-19(15)27/h3-10,13-14H,11-12H2,1-2H3,(H,25,26,28). The van der Waals surface area contributed by atoms with Gasteiger partial charge in [0.1, 0.15) is 11.4 Å². The highest BCUT2D eigenvalue weighted by Crippen LogP contribution is 2.36. The molecule has 33 heavy (non-hydrogen) atoms. The molecule has 1 aliphatic heterocycles. The van der Waals surface area contributed by atoms with E-state index in [1.165, 1.54) is 16.9 Å². The quantitative estimate of drug-likeness (QED) is 0.405. The number of fused-ring (bicyclic) bond motifs is 2. The van der Waals surface area contributed by atoms with Crippen molar-refractivity contribution in [2.24, 2.45) is 0 Å². The molecule has 0 saturated heterocycles. The third kappa shape index (κ3) is 4.10. The molecular formula is C24H21N3O4S2. The average Bonchev–Trinajstić information content (AvgIpc) is 3.45. The maximum Gasteiger partial charge on any atom is 0.257 e. The number of anilines is 2. The zero-order valence-electron chi connectivity index (χ0n) is 18.0. The van der Waals surface area contributed by atoms with Crippen LogP contribution >= 0.6 is 11.3 Å². The van der Waals surface area contributed by atoms with Crippen LogP contribution in [0.4, 0.5) is 10.8 Å². The maximum atomic E-state index is 13.1. The highest BCUT2D eigenvalue weighted by atomic mass is 32.2. The van der Waals surface area contributed by atoms with Crippen LogP contribution in [0.2, 0.25) is 0 Å². The number of hydrogen-bond donors (Lipinski definition) is 1. The summed E-state index contributed by atoms with van der Waals surface area (Å²) in [5, 5.41) is 3.32. The first-order valence-corrected chi connectivity index (χ1v) is 12.2. The SMILES string of the molecule is COc1cc2nc(NC(=O)c3ccc([S+]([O-])N4CCc5ccccc54)cc3)sc2cc1OC. The van der Waals surface area contributed by atoms with Crippen LogP contribution in [-0.2, 0) is 17.8 Å². The molecule has 1 atom stereocenters. The van der Waals surface area contributed by atoms with Gasteiger partial charge in [-0.05, 0) is 42.3 Å². The summed E-state index contributed by atoms with van der Waals surface area (Å²) in [5.74, 6) is 0.907. The summed E-state index contributed by atoms with van der Waals surface area (Å²) in [6, 6.07) is 18.5. The van der Waals surface area contributed by atoms with E-state index in [2.05, 4.69) is 16.4 Å². The molecule has 0 fully saturated rings. The Morgan fingerprint density at radius 3 is 2.58 bits per heavy atom.